The molecule has 4 heteroatoms. The number of halogens is 1. The topological polar surface area (TPSA) is 55.1 Å². The first-order valence-corrected chi connectivity index (χ1v) is 6.37. The highest BCUT2D eigenvalue weighted by molar-refractivity contribution is 6.36. The third-order valence-corrected chi connectivity index (χ3v) is 3.34. The number of rotatable bonds is 3. The Morgan fingerprint density at radius 1 is 1.16 bits per heavy atom. The van der Waals surface area contributed by atoms with E-state index in [2.05, 4.69) is 5.32 Å². The molecule has 0 unspecified atom stereocenters. The van der Waals surface area contributed by atoms with Crippen molar-refractivity contribution in [2.45, 2.75) is 13.0 Å². The number of hydrogen-bond acceptors (Lipinski definition) is 2. The second-order valence-electron chi connectivity index (χ2n) is 4.31. The maximum absolute atomic E-state index is 12.2. The zero-order valence-corrected chi connectivity index (χ0v) is 11.3. The maximum Gasteiger partial charge on any atom is 0.253 e. The van der Waals surface area contributed by atoms with E-state index < -0.39 is 0 Å². The number of carbonyl (C=O) groups excluding carboxylic acids is 1. The number of hydrogen-bond donors (Lipinski definition) is 2. The van der Waals surface area contributed by atoms with Gasteiger partial charge >= 0.3 is 0 Å². The third-order valence-electron chi connectivity index (χ3n) is 2.92. The molecule has 0 spiro atoms. The molecule has 0 aliphatic heterocycles. The fraction of sp³-hybridized carbons (Fsp3) is 0.133. The summed E-state index contributed by atoms with van der Waals surface area (Å²) in [6.07, 6.45) is 0. The summed E-state index contributed by atoms with van der Waals surface area (Å²) in [6, 6.07) is 14.7. The Morgan fingerprint density at radius 3 is 2.53 bits per heavy atom. The van der Waals surface area contributed by atoms with Crippen LogP contribution in [0.25, 0.3) is 0 Å². The van der Waals surface area contributed by atoms with Gasteiger partial charge in [0.15, 0.2) is 0 Å². The van der Waals surface area contributed by atoms with Crippen molar-refractivity contribution in [1.82, 2.24) is 5.32 Å². The summed E-state index contributed by atoms with van der Waals surface area (Å²) in [6.45, 7) is 1.92. The summed E-state index contributed by atoms with van der Waals surface area (Å²) in [4.78, 5) is 12.2. The van der Waals surface area contributed by atoms with Crippen LogP contribution in [0.1, 0.15) is 28.9 Å². The molecule has 1 atom stereocenters. The minimum atomic E-state index is -0.228. The van der Waals surface area contributed by atoms with Gasteiger partial charge in [0.2, 0.25) is 0 Å². The molecule has 2 rings (SSSR count). The Bertz CT molecular complexity index is 584. The van der Waals surface area contributed by atoms with Gasteiger partial charge in [-0.2, -0.15) is 0 Å². The highest BCUT2D eigenvalue weighted by atomic mass is 35.5. The predicted octanol–water partition coefficient (Wildman–Crippen LogP) is 3.41. The zero-order valence-electron chi connectivity index (χ0n) is 10.6. The number of nitrogens with one attached hydrogen (secondary N) is 1. The van der Waals surface area contributed by atoms with Crippen LogP contribution in [0, 0.1) is 0 Å². The number of benzene rings is 2. The van der Waals surface area contributed by atoms with Crippen molar-refractivity contribution in [3.8, 4) is 0 Å². The van der Waals surface area contributed by atoms with Crippen LogP contribution in [0.3, 0.4) is 0 Å². The van der Waals surface area contributed by atoms with Crippen molar-refractivity contribution < 1.29 is 4.79 Å². The Labute approximate surface area is 117 Å². The van der Waals surface area contributed by atoms with Crippen molar-refractivity contribution >= 4 is 23.2 Å². The standard InChI is InChI=1S/C15H15ClN2O/c1-10(11-6-3-2-4-7-11)18-15(19)12-8-5-9-13(17)14(12)16/h2-10H,17H2,1H3,(H,18,19)/t10-/m0/s1. The predicted molar refractivity (Wildman–Crippen MR) is 78.2 cm³/mol. The van der Waals surface area contributed by atoms with Gasteiger partial charge in [0, 0.05) is 0 Å². The molecule has 98 valence electrons. The number of carbonyl (C=O) groups is 1. The van der Waals surface area contributed by atoms with E-state index in [4.69, 9.17) is 17.3 Å². The van der Waals surface area contributed by atoms with Gasteiger partial charge in [0.05, 0.1) is 22.3 Å². The molecule has 3 nitrogen and oxygen atoms in total. The summed E-state index contributed by atoms with van der Waals surface area (Å²) < 4.78 is 0. The van der Waals surface area contributed by atoms with E-state index in [1.807, 2.05) is 37.3 Å². The summed E-state index contributed by atoms with van der Waals surface area (Å²) in [7, 11) is 0. The minimum absolute atomic E-state index is 0.0915. The number of nitrogens with two attached hydrogens (primary N) is 1. The Kier molecular flexibility index (Phi) is 4.07. The summed E-state index contributed by atoms with van der Waals surface area (Å²) in [5, 5.41) is 3.19. The molecule has 0 aliphatic rings. The molecule has 19 heavy (non-hydrogen) atoms. The summed E-state index contributed by atoms with van der Waals surface area (Å²) in [5.74, 6) is -0.228. The lowest BCUT2D eigenvalue weighted by Crippen LogP contribution is -2.27. The van der Waals surface area contributed by atoms with E-state index in [-0.39, 0.29) is 11.9 Å². The Morgan fingerprint density at radius 2 is 1.84 bits per heavy atom. The van der Waals surface area contributed by atoms with Crippen molar-refractivity contribution in [3.05, 3.63) is 64.7 Å². The smallest absolute Gasteiger partial charge is 0.253 e. The molecule has 2 aromatic carbocycles. The second kappa shape index (κ2) is 5.76. The van der Waals surface area contributed by atoms with E-state index in [0.717, 1.165) is 5.56 Å². The first-order chi connectivity index (χ1) is 9.09. The lowest BCUT2D eigenvalue weighted by atomic mass is 10.1. The van der Waals surface area contributed by atoms with Crippen LogP contribution in [0.5, 0.6) is 0 Å². The van der Waals surface area contributed by atoms with Crippen molar-refractivity contribution in [2.24, 2.45) is 0 Å². The molecular weight excluding hydrogens is 260 g/mol. The van der Waals surface area contributed by atoms with Crippen LogP contribution in [0.4, 0.5) is 5.69 Å². The molecule has 0 fully saturated rings. The van der Waals surface area contributed by atoms with Gasteiger partial charge < -0.3 is 11.1 Å². The molecule has 0 saturated carbocycles. The molecule has 0 bridgehead atoms. The number of nitrogen functional groups attached to an aromatic ring is 1. The van der Waals surface area contributed by atoms with Crippen LogP contribution < -0.4 is 11.1 Å². The molecule has 0 radical (unpaired) electrons. The first-order valence-electron chi connectivity index (χ1n) is 5.99. The quantitative estimate of drug-likeness (QED) is 0.843. The Balaban J connectivity index is 2.16. The van der Waals surface area contributed by atoms with Crippen LogP contribution in [-0.2, 0) is 0 Å². The molecule has 0 aliphatic carbocycles. The molecular formula is C15H15ClN2O. The van der Waals surface area contributed by atoms with E-state index >= 15 is 0 Å². The largest absolute Gasteiger partial charge is 0.398 e. The van der Waals surface area contributed by atoms with Gasteiger partial charge in [-0.05, 0) is 24.6 Å². The van der Waals surface area contributed by atoms with Crippen LogP contribution in [0.15, 0.2) is 48.5 Å². The number of anilines is 1. The Hall–Kier alpha value is -2.00. The maximum atomic E-state index is 12.2. The molecule has 3 N–H and O–H groups in total. The molecule has 2 aromatic rings. The highest BCUT2D eigenvalue weighted by Crippen LogP contribution is 2.23. The van der Waals surface area contributed by atoms with Crippen molar-refractivity contribution in [1.29, 1.82) is 0 Å². The van der Waals surface area contributed by atoms with Crippen LogP contribution >= 0.6 is 11.6 Å². The van der Waals surface area contributed by atoms with Crippen LogP contribution in [-0.4, -0.2) is 5.91 Å². The van der Waals surface area contributed by atoms with E-state index in [1.165, 1.54) is 0 Å². The molecule has 0 heterocycles. The molecule has 1 amide bonds. The normalized spacial score (nSPS) is 11.9. The lowest BCUT2D eigenvalue weighted by Gasteiger charge is -2.15. The van der Waals surface area contributed by atoms with Gasteiger partial charge in [-0.15, -0.1) is 0 Å². The number of amides is 1. The second-order valence-corrected chi connectivity index (χ2v) is 4.69. The molecule has 0 aromatic heterocycles. The van der Waals surface area contributed by atoms with E-state index in [9.17, 15) is 4.79 Å². The summed E-state index contributed by atoms with van der Waals surface area (Å²) >= 11 is 6.03. The van der Waals surface area contributed by atoms with Crippen molar-refractivity contribution in [2.75, 3.05) is 5.73 Å². The first kappa shape index (κ1) is 13.4. The van der Waals surface area contributed by atoms with Crippen molar-refractivity contribution in [3.63, 3.8) is 0 Å². The average Bonchev–Trinajstić information content (AvgIpc) is 2.42. The lowest BCUT2D eigenvalue weighted by molar-refractivity contribution is 0.0940. The zero-order chi connectivity index (χ0) is 13.8. The third kappa shape index (κ3) is 3.06. The highest BCUT2D eigenvalue weighted by Gasteiger charge is 2.15. The van der Waals surface area contributed by atoms with Gasteiger partial charge in [0.1, 0.15) is 0 Å². The fourth-order valence-corrected chi connectivity index (χ4v) is 2.04. The summed E-state index contributed by atoms with van der Waals surface area (Å²) in [5.41, 5.74) is 7.52. The average molecular weight is 275 g/mol. The monoisotopic (exact) mass is 274 g/mol. The van der Waals surface area contributed by atoms with Gasteiger partial charge in [-0.1, -0.05) is 48.0 Å². The van der Waals surface area contributed by atoms with Crippen LogP contribution in [0.2, 0.25) is 5.02 Å². The fourth-order valence-electron chi connectivity index (χ4n) is 1.82. The van der Waals surface area contributed by atoms with Gasteiger partial charge in [0.25, 0.3) is 5.91 Å². The van der Waals surface area contributed by atoms with Gasteiger partial charge in [-0.3, -0.25) is 4.79 Å². The molecule has 0 saturated heterocycles. The minimum Gasteiger partial charge on any atom is -0.398 e. The van der Waals surface area contributed by atoms with E-state index in [1.54, 1.807) is 18.2 Å². The van der Waals surface area contributed by atoms with E-state index in [0.29, 0.717) is 16.3 Å². The SMILES string of the molecule is C[C@H](NC(=O)c1cccc(N)c1Cl)c1ccccc1. The van der Waals surface area contributed by atoms with Gasteiger partial charge in [-0.25, -0.2) is 0 Å².